The van der Waals surface area contributed by atoms with Crippen LogP contribution in [0.3, 0.4) is 0 Å². The number of carbonyl (C=O) groups excluding carboxylic acids is 1. The maximum absolute atomic E-state index is 12.4. The van der Waals surface area contributed by atoms with Gasteiger partial charge in [-0.05, 0) is 52.9 Å². The highest BCUT2D eigenvalue weighted by Crippen LogP contribution is 2.40. The molecule has 0 heterocycles. The first kappa shape index (κ1) is 22.5. The molecule has 0 spiro atoms. The molecule has 2 nitrogen and oxygen atoms in total. The van der Waals surface area contributed by atoms with Crippen LogP contribution in [0.25, 0.3) is 16.8 Å². The van der Waals surface area contributed by atoms with Gasteiger partial charge in [0.1, 0.15) is 6.29 Å². The second kappa shape index (κ2) is 10.2. The fourth-order valence-corrected chi connectivity index (χ4v) is 4.98. The summed E-state index contributed by atoms with van der Waals surface area (Å²) in [5.41, 5.74) is 9.43. The zero-order chi connectivity index (χ0) is 21.6. The third-order valence-corrected chi connectivity index (χ3v) is 6.26. The van der Waals surface area contributed by atoms with Crippen LogP contribution < -0.4 is 5.73 Å². The Morgan fingerprint density at radius 1 is 0.967 bits per heavy atom. The van der Waals surface area contributed by atoms with E-state index in [2.05, 4.69) is 60.1 Å². The van der Waals surface area contributed by atoms with E-state index in [1.165, 1.54) is 10.8 Å². The van der Waals surface area contributed by atoms with Gasteiger partial charge in [-0.3, -0.25) is 4.79 Å². The van der Waals surface area contributed by atoms with Crippen molar-refractivity contribution in [2.45, 2.75) is 51.0 Å². The third kappa shape index (κ3) is 5.08. The molecular formula is C27H30BrNO. The number of carbonyl (C=O) groups is 1. The van der Waals surface area contributed by atoms with Crippen LogP contribution in [0, 0.1) is 0 Å². The molecule has 1 atom stereocenters. The summed E-state index contributed by atoms with van der Waals surface area (Å²) in [6, 6.07) is 22.8. The molecule has 3 aromatic rings. The van der Waals surface area contributed by atoms with Gasteiger partial charge in [-0.15, -0.1) is 0 Å². The van der Waals surface area contributed by atoms with E-state index < -0.39 is 5.54 Å². The molecule has 30 heavy (non-hydrogen) atoms. The van der Waals surface area contributed by atoms with Crippen LogP contribution in [-0.2, 0) is 4.79 Å². The van der Waals surface area contributed by atoms with Gasteiger partial charge in [0, 0.05) is 21.5 Å². The highest BCUT2D eigenvalue weighted by molar-refractivity contribution is 9.10. The van der Waals surface area contributed by atoms with Crippen LogP contribution in [0.4, 0.5) is 0 Å². The van der Waals surface area contributed by atoms with Crippen molar-refractivity contribution in [1.29, 1.82) is 0 Å². The molecule has 3 rings (SSSR count). The van der Waals surface area contributed by atoms with E-state index in [4.69, 9.17) is 5.73 Å². The molecule has 0 saturated heterocycles. The minimum absolute atomic E-state index is 0.168. The molecule has 156 valence electrons. The van der Waals surface area contributed by atoms with E-state index in [1.54, 1.807) is 0 Å². The molecule has 0 bridgehead atoms. The zero-order valence-corrected chi connectivity index (χ0v) is 19.4. The number of fused-ring (bicyclic) bond motifs is 1. The highest BCUT2D eigenvalue weighted by atomic mass is 79.9. The summed E-state index contributed by atoms with van der Waals surface area (Å²) in [7, 11) is 0. The first-order chi connectivity index (χ1) is 14.5. The van der Waals surface area contributed by atoms with E-state index in [0.29, 0.717) is 0 Å². The van der Waals surface area contributed by atoms with Gasteiger partial charge in [0.25, 0.3) is 0 Å². The monoisotopic (exact) mass is 463 g/mol. The quantitative estimate of drug-likeness (QED) is 0.267. The lowest BCUT2D eigenvalue weighted by molar-refractivity contribution is -0.105. The van der Waals surface area contributed by atoms with E-state index in [-0.39, 0.29) is 5.92 Å². The summed E-state index contributed by atoms with van der Waals surface area (Å²) < 4.78 is 0.991. The van der Waals surface area contributed by atoms with Crippen molar-refractivity contribution >= 4 is 39.1 Å². The van der Waals surface area contributed by atoms with Crippen molar-refractivity contribution in [3.05, 3.63) is 87.9 Å². The normalized spacial score (nSPS) is 13.4. The van der Waals surface area contributed by atoms with Gasteiger partial charge < -0.3 is 5.73 Å². The Morgan fingerprint density at radius 2 is 1.67 bits per heavy atom. The molecule has 0 aliphatic rings. The minimum atomic E-state index is -0.481. The summed E-state index contributed by atoms with van der Waals surface area (Å²) in [5, 5.41) is 2.36. The van der Waals surface area contributed by atoms with E-state index >= 15 is 0 Å². The van der Waals surface area contributed by atoms with Gasteiger partial charge in [-0.2, -0.15) is 0 Å². The van der Waals surface area contributed by atoms with Crippen LogP contribution >= 0.6 is 15.9 Å². The standard InChI is InChI=1S/C27H30BrNO/c1-3-14-27(29,15-4-2)26(23-13-12-21-9-5-6-10-22(21)18-23)24(19-30)16-20-8-7-11-25(28)17-20/h5-13,16-19,26H,3-4,14-15,29H2,1-2H3/b24-16+. The van der Waals surface area contributed by atoms with Gasteiger partial charge >= 0.3 is 0 Å². The Labute approximate surface area is 188 Å². The second-order valence-corrected chi connectivity index (χ2v) is 9.01. The lowest BCUT2D eigenvalue weighted by Crippen LogP contribution is -2.46. The number of nitrogens with two attached hydrogens (primary N) is 1. The molecule has 3 heteroatoms. The number of rotatable bonds is 9. The Morgan fingerprint density at radius 3 is 2.30 bits per heavy atom. The van der Waals surface area contributed by atoms with Crippen LogP contribution in [-0.4, -0.2) is 11.8 Å². The third-order valence-electron chi connectivity index (χ3n) is 5.76. The van der Waals surface area contributed by atoms with Crippen molar-refractivity contribution in [1.82, 2.24) is 0 Å². The number of hydrogen-bond donors (Lipinski definition) is 1. The van der Waals surface area contributed by atoms with Crippen molar-refractivity contribution in [2.24, 2.45) is 5.73 Å². The van der Waals surface area contributed by atoms with Crippen molar-refractivity contribution in [3.63, 3.8) is 0 Å². The molecule has 3 aromatic carbocycles. The van der Waals surface area contributed by atoms with Crippen LogP contribution in [0.1, 0.15) is 56.6 Å². The fourth-order valence-electron chi connectivity index (χ4n) is 4.56. The Balaban J connectivity index is 2.19. The Kier molecular flexibility index (Phi) is 7.63. The van der Waals surface area contributed by atoms with Crippen LogP contribution in [0.5, 0.6) is 0 Å². The molecule has 0 amide bonds. The molecule has 0 fully saturated rings. The second-order valence-electron chi connectivity index (χ2n) is 8.09. The van der Waals surface area contributed by atoms with Gasteiger partial charge in [-0.1, -0.05) is 97.2 Å². The summed E-state index contributed by atoms with van der Waals surface area (Å²) in [6.45, 7) is 4.32. The number of halogens is 1. The average molecular weight is 464 g/mol. The highest BCUT2D eigenvalue weighted by Gasteiger charge is 2.37. The van der Waals surface area contributed by atoms with E-state index in [9.17, 15) is 4.79 Å². The maximum atomic E-state index is 12.4. The van der Waals surface area contributed by atoms with Gasteiger partial charge in [0.15, 0.2) is 0 Å². The Hall–Kier alpha value is -2.23. The number of hydrogen-bond acceptors (Lipinski definition) is 2. The maximum Gasteiger partial charge on any atom is 0.146 e. The first-order valence-electron chi connectivity index (χ1n) is 10.7. The van der Waals surface area contributed by atoms with Crippen LogP contribution in [0.15, 0.2) is 76.8 Å². The molecule has 1 unspecified atom stereocenters. The van der Waals surface area contributed by atoms with Gasteiger partial charge in [-0.25, -0.2) is 0 Å². The molecule has 2 N–H and O–H groups in total. The van der Waals surface area contributed by atoms with Crippen molar-refractivity contribution in [2.75, 3.05) is 0 Å². The average Bonchev–Trinajstić information content (AvgIpc) is 2.73. The van der Waals surface area contributed by atoms with Crippen LogP contribution in [0.2, 0.25) is 0 Å². The SMILES string of the molecule is CCCC(N)(CCC)C(/C(C=O)=C/c1cccc(Br)c1)c1ccc2ccccc2c1. The van der Waals surface area contributed by atoms with Gasteiger partial charge in [0.2, 0.25) is 0 Å². The van der Waals surface area contributed by atoms with E-state index in [1.807, 2.05) is 42.5 Å². The molecular weight excluding hydrogens is 434 g/mol. The lowest BCUT2D eigenvalue weighted by atomic mass is 9.70. The summed E-state index contributed by atoms with van der Waals surface area (Å²) in [5.74, 6) is -0.168. The number of benzene rings is 3. The summed E-state index contributed by atoms with van der Waals surface area (Å²) >= 11 is 3.53. The Bertz CT molecular complexity index is 1030. The lowest BCUT2D eigenvalue weighted by Gasteiger charge is -2.38. The molecule has 0 aliphatic carbocycles. The minimum Gasteiger partial charge on any atom is -0.324 e. The fraction of sp³-hybridized carbons (Fsp3) is 0.296. The van der Waals surface area contributed by atoms with E-state index in [0.717, 1.165) is 53.1 Å². The first-order valence-corrected chi connectivity index (χ1v) is 11.5. The largest absolute Gasteiger partial charge is 0.324 e. The summed E-state index contributed by atoms with van der Waals surface area (Å²) in [6.07, 6.45) is 6.66. The number of aldehydes is 1. The molecule has 0 aliphatic heterocycles. The predicted octanol–water partition coefficient (Wildman–Crippen LogP) is 7.27. The van der Waals surface area contributed by atoms with Crippen molar-refractivity contribution < 1.29 is 4.79 Å². The smallest absolute Gasteiger partial charge is 0.146 e. The zero-order valence-electron chi connectivity index (χ0n) is 17.8. The molecule has 0 aromatic heterocycles. The summed E-state index contributed by atoms with van der Waals surface area (Å²) in [4.78, 5) is 12.4. The van der Waals surface area contributed by atoms with Gasteiger partial charge in [0.05, 0.1) is 0 Å². The molecule has 0 radical (unpaired) electrons. The topological polar surface area (TPSA) is 43.1 Å². The predicted molar refractivity (Wildman–Crippen MR) is 132 cm³/mol. The van der Waals surface area contributed by atoms with Crippen molar-refractivity contribution in [3.8, 4) is 0 Å². The molecule has 0 saturated carbocycles.